The molecule has 2 atom stereocenters. The third kappa shape index (κ3) is 1.87. The predicted octanol–water partition coefficient (Wildman–Crippen LogP) is 6.38. The lowest BCUT2D eigenvalue weighted by Crippen LogP contribution is -2.51. The lowest BCUT2D eigenvalue weighted by molar-refractivity contribution is 0.145. The minimum absolute atomic E-state index is 0.188. The molecule has 0 fully saturated rings. The van der Waals surface area contributed by atoms with Crippen molar-refractivity contribution < 1.29 is 4.43 Å². The Labute approximate surface area is 190 Å². The molecule has 1 nitrogen and oxygen atoms in total. The molecular weight excluding hydrogens is 404 g/mol. The first-order valence-corrected chi connectivity index (χ1v) is 14.5. The summed E-state index contributed by atoms with van der Waals surface area (Å²) in [5.41, 5.74) is 11.6. The topological polar surface area (TPSA) is 9.23 Å². The van der Waals surface area contributed by atoms with E-state index in [9.17, 15) is 0 Å². The highest BCUT2D eigenvalue weighted by molar-refractivity contribution is 6.86. The molecular formula is C30H26OSi. The van der Waals surface area contributed by atoms with E-state index < -0.39 is 13.9 Å². The molecule has 0 saturated carbocycles. The van der Waals surface area contributed by atoms with Crippen LogP contribution in [-0.4, -0.2) is 8.32 Å². The van der Waals surface area contributed by atoms with Crippen LogP contribution in [0.1, 0.15) is 45.9 Å². The normalized spacial score (nSPS) is 25.2. The zero-order valence-corrected chi connectivity index (χ0v) is 20.0. The Bertz CT molecular complexity index is 1450. The number of rotatable bonds is 1. The van der Waals surface area contributed by atoms with Crippen molar-refractivity contribution >= 4 is 13.5 Å². The fourth-order valence-electron chi connectivity index (χ4n) is 7.01. The zero-order chi connectivity index (χ0) is 21.9. The van der Waals surface area contributed by atoms with Gasteiger partial charge >= 0.3 is 0 Å². The molecule has 3 aliphatic carbocycles. The van der Waals surface area contributed by atoms with E-state index in [2.05, 4.69) is 112 Å². The van der Waals surface area contributed by atoms with Gasteiger partial charge in [-0.3, -0.25) is 0 Å². The van der Waals surface area contributed by atoms with Crippen LogP contribution in [0.4, 0.5) is 0 Å². The fourth-order valence-corrected chi connectivity index (χ4v) is 9.60. The van der Waals surface area contributed by atoms with Crippen LogP contribution in [0.15, 0.2) is 84.9 Å². The first kappa shape index (κ1) is 18.6. The maximum Gasteiger partial charge on any atom is 0.220 e. The maximum atomic E-state index is 7.46. The number of hydrogen-bond donors (Lipinski definition) is 0. The van der Waals surface area contributed by atoms with Crippen molar-refractivity contribution in [2.75, 3.05) is 0 Å². The van der Waals surface area contributed by atoms with Crippen molar-refractivity contribution in [1.82, 2.24) is 0 Å². The van der Waals surface area contributed by atoms with Crippen LogP contribution >= 0.6 is 0 Å². The summed E-state index contributed by atoms with van der Waals surface area (Å²) in [6, 6.07) is 31.5. The van der Waals surface area contributed by atoms with Gasteiger partial charge in [-0.1, -0.05) is 84.9 Å². The van der Waals surface area contributed by atoms with E-state index in [1.165, 1.54) is 55.3 Å². The quantitative estimate of drug-likeness (QED) is 0.319. The molecule has 1 heterocycles. The van der Waals surface area contributed by atoms with Gasteiger partial charge in [-0.25, -0.2) is 0 Å². The molecule has 156 valence electrons. The fraction of sp³-hybridized carbons (Fsp3) is 0.200. The summed E-state index contributed by atoms with van der Waals surface area (Å²) < 4.78 is 7.46. The van der Waals surface area contributed by atoms with Crippen LogP contribution in [0.5, 0.6) is 0 Å². The minimum atomic E-state index is -2.12. The van der Waals surface area contributed by atoms with Gasteiger partial charge in [0.05, 0.1) is 0 Å². The molecule has 1 spiro atoms. The number of benzene rings is 4. The van der Waals surface area contributed by atoms with E-state index in [0.717, 1.165) is 0 Å². The number of aryl methyl sites for hydroxylation is 1. The van der Waals surface area contributed by atoms with Gasteiger partial charge in [0.2, 0.25) is 8.32 Å². The lowest BCUT2D eigenvalue weighted by Gasteiger charge is -2.55. The highest BCUT2D eigenvalue weighted by Gasteiger charge is 2.65. The molecule has 1 aliphatic heterocycles. The third-order valence-electron chi connectivity index (χ3n) is 8.22. The molecule has 0 aromatic heterocycles. The Morgan fingerprint density at radius 1 is 0.656 bits per heavy atom. The van der Waals surface area contributed by atoms with E-state index in [4.69, 9.17) is 4.43 Å². The van der Waals surface area contributed by atoms with Crippen molar-refractivity contribution in [3.63, 3.8) is 0 Å². The second kappa shape index (κ2) is 5.69. The second-order valence-electron chi connectivity index (χ2n) is 10.2. The molecule has 4 aromatic rings. The molecule has 0 N–H and O–H groups in total. The summed E-state index contributed by atoms with van der Waals surface area (Å²) in [6.07, 6.45) is 0. The van der Waals surface area contributed by atoms with E-state index in [0.29, 0.717) is 0 Å². The van der Waals surface area contributed by atoms with E-state index in [1.54, 1.807) is 0 Å². The summed E-state index contributed by atoms with van der Waals surface area (Å²) in [4.78, 5) is 0. The average Bonchev–Trinajstić information content (AvgIpc) is 3.05. The molecule has 0 radical (unpaired) electrons. The molecule has 0 saturated heterocycles. The van der Waals surface area contributed by atoms with Gasteiger partial charge in [-0.2, -0.15) is 0 Å². The van der Waals surface area contributed by atoms with Crippen molar-refractivity contribution in [3.8, 4) is 11.1 Å². The van der Waals surface area contributed by atoms with Gasteiger partial charge < -0.3 is 4.43 Å². The SMILES string of the molecule is Cc1cccc2c1C13O[Si](C)(C)c4cccc(c41)C2(C)c1cccc(-c2ccccc2)c13. The largest absolute Gasteiger partial charge is 0.395 e. The van der Waals surface area contributed by atoms with E-state index in [1.807, 2.05) is 0 Å². The summed E-state index contributed by atoms with van der Waals surface area (Å²) in [5, 5.41) is 1.46. The Kier molecular flexibility index (Phi) is 3.31. The monoisotopic (exact) mass is 430 g/mol. The van der Waals surface area contributed by atoms with Gasteiger partial charge in [0.25, 0.3) is 0 Å². The van der Waals surface area contributed by atoms with Gasteiger partial charge in [-0.15, -0.1) is 0 Å². The van der Waals surface area contributed by atoms with Crippen molar-refractivity contribution in [3.05, 3.63) is 124 Å². The van der Waals surface area contributed by atoms with Crippen LogP contribution in [0.2, 0.25) is 13.1 Å². The van der Waals surface area contributed by atoms with Gasteiger partial charge in [-0.05, 0) is 76.6 Å². The Hall–Kier alpha value is -2.94. The summed E-state index contributed by atoms with van der Waals surface area (Å²) in [6.45, 7) is 9.44. The summed E-state index contributed by atoms with van der Waals surface area (Å²) in [7, 11) is -2.12. The molecule has 8 rings (SSSR count). The molecule has 2 unspecified atom stereocenters. The van der Waals surface area contributed by atoms with E-state index in [-0.39, 0.29) is 5.41 Å². The predicted molar refractivity (Wildman–Crippen MR) is 133 cm³/mol. The van der Waals surface area contributed by atoms with Gasteiger partial charge in [0, 0.05) is 11.0 Å². The van der Waals surface area contributed by atoms with Crippen LogP contribution < -0.4 is 5.19 Å². The van der Waals surface area contributed by atoms with Crippen LogP contribution in [0.3, 0.4) is 0 Å². The standard InChI is InChI=1S/C30H26OSi/c1-19-11-8-15-22-26(19)30-27-21(20-12-6-5-7-13-20)14-9-16-23(27)29(22,2)24-17-10-18-25(28(24)30)32(3,4)31-30/h5-18H,1-4H3. The van der Waals surface area contributed by atoms with Crippen LogP contribution in [0.25, 0.3) is 11.1 Å². The lowest BCUT2D eigenvalue weighted by atomic mass is 9.50. The van der Waals surface area contributed by atoms with Crippen LogP contribution in [0, 0.1) is 6.92 Å². The van der Waals surface area contributed by atoms with E-state index >= 15 is 0 Å². The van der Waals surface area contributed by atoms with Crippen molar-refractivity contribution in [1.29, 1.82) is 0 Å². The Morgan fingerprint density at radius 3 is 2.03 bits per heavy atom. The van der Waals surface area contributed by atoms with Crippen molar-refractivity contribution in [2.45, 2.75) is 38.0 Å². The maximum absolute atomic E-state index is 7.46. The first-order valence-electron chi connectivity index (χ1n) is 11.6. The highest BCUT2D eigenvalue weighted by atomic mass is 28.4. The minimum Gasteiger partial charge on any atom is -0.395 e. The highest BCUT2D eigenvalue weighted by Crippen LogP contribution is 2.66. The second-order valence-corrected chi connectivity index (χ2v) is 14.0. The van der Waals surface area contributed by atoms with Crippen LogP contribution in [-0.2, 0) is 15.4 Å². The van der Waals surface area contributed by atoms with Crippen molar-refractivity contribution in [2.24, 2.45) is 0 Å². The van der Waals surface area contributed by atoms with Gasteiger partial charge in [0.1, 0.15) is 5.60 Å². The molecule has 2 bridgehead atoms. The number of hydrogen-bond acceptors (Lipinski definition) is 1. The zero-order valence-electron chi connectivity index (χ0n) is 19.0. The average molecular weight is 431 g/mol. The smallest absolute Gasteiger partial charge is 0.220 e. The first-order chi connectivity index (χ1) is 15.4. The Morgan fingerprint density at radius 2 is 1.28 bits per heavy atom. The third-order valence-corrected chi connectivity index (χ3v) is 10.7. The molecule has 4 aromatic carbocycles. The summed E-state index contributed by atoms with van der Waals surface area (Å²) >= 11 is 0. The molecule has 0 amide bonds. The summed E-state index contributed by atoms with van der Waals surface area (Å²) in [5.74, 6) is 0. The molecule has 2 heteroatoms. The molecule has 32 heavy (non-hydrogen) atoms. The van der Waals surface area contributed by atoms with Gasteiger partial charge in [0.15, 0.2) is 0 Å². The Balaban J connectivity index is 1.74. The molecule has 4 aliphatic rings.